The molecule has 0 spiro atoms. The van der Waals surface area contributed by atoms with Gasteiger partial charge in [-0.3, -0.25) is 15.6 Å². The number of para-hydroxylation sites is 1. The summed E-state index contributed by atoms with van der Waals surface area (Å²) < 4.78 is 0. The van der Waals surface area contributed by atoms with Crippen LogP contribution in [0.15, 0.2) is 30.3 Å². The highest BCUT2D eigenvalue weighted by Crippen LogP contribution is 2.26. The Hall–Kier alpha value is -1.59. The fourth-order valence-electron chi connectivity index (χ4n) is 2.68. The van der Waals surface area contributed by atoms with Crippen LogP contribution in [-0.2, 0) is 4.79 Å². The van der Waals surface area contributed by atoms with Gasteiger partial charge in [0.05, 0.1) is 5.69 Å². The maximum Gasteiger partial charge on any atom is 0.268 e. The van der Waals surface area contributed by atoms with Gasteiger partial charge in [0, 0.05) is 6.04 Å². The summed E-state index contributed by atoms with van der Waals surface area (Å²) in [6.07, 6.45) is 4.31. The van der Waals surface area contributed by atoms with E-state index in [0.717, 1.165) is 31.4 Å². The Kier molecular flexibility index (Phi) is 5.38. The van der Waals surface area contributed by atoms with Gasteiger partial charge in [0.2, 0.25) is 0 Å². The summed E-state index contributed by atoms with van der Waals surface area (Å²) in [4.78, 5) is 11.9. The highest BCUT2D eigenvalue weighted by atomic mass is 16.3. The van der Waals surface area contributed by atoms with Gasteiger partial charge in [-0.1, -0.05) is 37.5 Å². The van der Waals surface area contributed by atoms with Gasteiger partial charge in [0.15, 0.2) is 0 Å². The molecule has 0 heterocycles. The SMILES string of the molecule is N[C@H](C1CCCCC1)[C@H](O)C(=O)NNc1ccccc1. The van der Waals surface area contributed by atoms with Crippen molar-refractivity contribution in [2.24, 2.45) is 11.7 Å². The maximum atomic E-state index is 11.9. The van der Waals surface area contributed by atoms with Crippen molar-refractivity contribution in [3.8, 4) is 0 Å². The second-order valence-corrected chi connectivity index (χ2v) is 5.40. The van der Waals surface area contributed by atoms with Crippen molar-refractivity contribution in [1.29, 1.82) is 0 Å². The smallest absolute Gasteiger partial charge is 0.268 e. The maximum absolute atomic E-state index is 11.9. The Morgan fingerprint density at radius 1 is 1.20 bits per heavy atom. The van der Waals surface area contributed by atoms with Gasteiger partial charge in [-0.05, 0) is 30.9 Å². The molecule has 0 radical (unpaired) electrons. The summed E-state index contributed by atoms with van der Waals surface area (Å²) in [5, 5.41) is 10.0. The zero-order chi connectivity index (χ0) is 14.4. The molecule has 1 aliphatic carbocycles. The van der Waals surface area contributed by atoms with Crippen LogP contribution in [0, 0.1) is 5.92 Å². The van der Waals surface area contributed by atoms with Crippen molar-refractivity contribution >= 4 is 11.6 Å². The van der Waals surface area contributed by atoms with Gasteiger partial charge >= 0.3 is 0 Å². The first-order valence-electron chi connectivity index (χ1n) is 7.23. The average Bonchev–Trinajstić information content (AvgIpc) is 2.53. The normalized spacial score (nSPS) is 19.1. The van der Waals surface area contributed by atoms with E-state index in [1.165, 1.54) is 6.42 Å². The van der Waals surface area contributed by atoms with Gasteiger partial charge in [-0.25, -0.2) is 0 Å². The summed E-state index contributed by atoms with van der Waals surface area (Å²) in [7, 11) is 0. The van der Waals surface area contributed by atoms with E-state index >= 15 is 0 Å². The van der Waals surface area contributed by atoms with E-state index in [0.29, 0.717) is 0 Å². The van der Waals surface area contributed by atoms with Gasteiger partial charge in [0.1, 0.15) is 6.10 Å². The van der Waals surface area contributed by atoms with Crippen molar-refractivity contribution in [2.45, 2.75) is 44.2 Å². The van der Waals surface area contributed by atoms with E-state index in [-0.39, 0.29) is 5.92 Å². The second-order valence-electron chi connectivity index (χ2n) is 5.40. The molecule has 1 aliphatic rings. The minimum Gasteiger partial charge on any atom is -0.382 e. The molecule has 1 saturated carbocycles. The molecule has 2 rings (SSSR count). The van der Waals surface area contributed by atoms with Crippen LogP contribution in [0.4, 0.5) is 5.69 Å². The molecular formula is C15H23N3O2. The summed E-state index contributed by atoms with van der Waals surface area (Å²) >= 11 is 0. The number of hydrogen-bond donors (Lipinski definition) is 4. The van der Waals surface area contributed by atoms with Gasteiger partial charge in [-0.2, -0.15) is 0 Å². The Morgan fingerprint density at radius 2 is 1.85 bits per heavy atom. The quantitative estimate of drug-likeness (QED) is 0.613. The fraction of sp³-hybridized carbons (Fsp3) is 0.533. The average molecular weight is 277 g/mol. The minimum absolute atomic E-state index is 0.237. The lowest BCUT2D eigenvalue weighted by Gasteiger charge is -2.30. The lowest BCUT2D eigenvalue weighted by molar-refractivity contribution is -0.130. The van der Waals surface area contributed by atoms with Crippen molar-refractivity contribution in [2.75, 3.05) is 5.43 Å². The third-order valence-electron chi connectivity index (χ3n) is 3.93. The number of carbonyl (C=O) groups excluding carboxylic acids is 1. The molecule has 5 N–H and O–H groups in total. The third kappa shape index (κ3) is 3.95. The molecule has 2 atom stereocenters. The number of anilines is 1. The number of rotatable bonds is 5. The zero-order valence-corrected chi connectivity index (χ0v) is 11.6. The number of nitrogens with one attached hydrogen (secondary N) is 2. The van der Waals surface area contributed by atoms with Gasteiger partial charge in [-0.15, -0.1) is 0 Å². The number of benzene rings is 1. The van der Waals surface area contributed by atoms with E-state index in [1.807, 2.05) is 30.3 Å². The highest BCUT2D eigenvalue weighted by Gasteiger charge is 2.30. The van der Waals surface area contributed by atoms with E-state index in [1.54, 1.807) is 0 Å². The number of aliphatic hydroxyl groups excluding tert-OH is 1. The molecule has 0 aromatic heterocycles. The molecule has 0 aliphatic heterocycles. The van der Waals surface area contributed by atoms with Crippen molar-refractivity contribution in [3.63, 3.8) is 0 Å². The van der Waals surface area contributed by atoms with E-state index in [2.05, 4.69) is 10.9 Å². The van der Waals surface area contributed by atoms with Gasteiger partial charge < -0.3 is 10.8 Å². The summed E-state index contributed by atoms with van der Waals surface area (Å²) in [5.41, 5.74) is 12.1. The molecule has 5 nitrogen and oxygen atoms in total. The standard InChI is InChI=1S/C15H23N3O2/c16-13(11-7-3-1-4-8-11)14(19)15(20)18-17-12-9-5-2-6-10-12/h2,5-6,9-11,13-14,17,19H,1,3-4,7-8,16H2,(H,18,20)/t13-,14+/m1/s1. The third-order valence-corrected chi connectivity index (χ3v) is 3.93. The van der Waals surface area contributed by atoms with Gasteiger partial charge in [0.25, 0.3) is 5.91 Å². The first-order valence-corrected chi connectivity index (χ1v) is 7.23. The van der Waals surface area contributed by atoms with Crippen LogP contribution in [0.25, 0.3) is 0 Å². The number of amides is 1. The number of nitrogens with two attached hydrogens (primary N) is 1. The fourth-order valence-corrected chi connectivity index (χ4v) is 2.68. The monoisotopic (exact) mass is 277 g/mol. The van der Waals surface area contributed by atoms with Crippen LogP contribution < -0.4 is 16.6 Å². The molecule has 1 aromatic rings. The van der Waals surface area contributed by atoms with Crippen molar-refractivity contribution in [1.82, 2.24) is 5.43 Å². The summed E-state index contributed by atoms with van der Waals surface area (Å²) in [6, 6.07) is 8.77. The van der Waals surface area contributed by atoms with Crippen molar-refractivity contribution < 1.29 is 9.90 Å². The predicted molar refractivity (Wildman–Crippen MR) is 78.8 cm³/mol. The van der Waals surface area contributed by atoms with Crippen LogP contribution in [0.1, 0.15) is 32.1 Å². The van der Waals surface area contributed by atoms with Crippen LogP contribution >= 0.6 is 0 Å². The lowest BCUT2D eigenvalue weighted by Crippen LogP contribution is -2.51. The largest absolute Gasteiger partial charge is 0.382 e. The minimum atomic E-state index is -1.17. The van der Waals surface area contributed by atoms with E-state index in [4.69, 9.17) is 5.73 Å². The van der Waals surface area contributed by atoms with Crippen LogP contribution in [0.3, 0.4) is 0 Å². The topological polar surface area (TPSA) is 87.4 Å². The first-order chi connectivity index (χ1) is 9.68. The molecule has 0 unspecified atom stereocenters. The van der Waals surface area contributed by atoms with Crippen LogP contribution in [0.2, 0.25) is 0 Å². The number of hydrogen-bond acceptors (Lipinski definition) is 4. The first kappa shape index (κ1) is 14.8. The Morgan fingerprint density at radius 3 is 2.50 bits per heavy atom. The molecule has 20 heavy (non-hydrogen) atoms. The molecule has 0 saturated heterocycles. The highest BCUT2D eigenvalue weighted by molar-refractivity contribution is 5.82. The van der Waals surface area contributed by atoms with Crippen LogP contribution in [0.5, 0.6) is 0 Å². The molecule has 110 valence electrons. The van der Waals surface area contributed by atoms with Crippen molar-refractivity contribution in [3.05, 3.63) is 30.3 Å². The molecular weight excluding hydrogens is 254 g/mol. The zero-order valence-electron chi connectivity index (χ0n) is 11.6. The molecule has 1 aromatic carbocycles. The number of aliphatic hydroxyl groups is 1. The summed E-state index contributed by atoms with van der Waals surface area (Å²) in [6.45, 7) is 0. The Labute approximate surface area is 119 Å². The molecule has 1 amide bonds. The number of carbonyl (C=O) groups is 1. The molecule has 1 fully saturated rings. The predicted octanol–water partition coefficient (Wildman–Crippen LogP) is 1.40. The molecule has 0 bridgehead atoms. The van der Waals surface area contributed by atoms with E-state index in [9.17, 15) is 9.90 Å². The number of hydrazine groups is 1. The van der Waals surface area contributed by atoms with Crippen LogP contribution in [-0.4, -0.2) is 23.2 Å². The lowest BCUT2D eigenvalue weighted by atomic mass is 9.82. The summed E-state index contributed by atoms with van der Waals surface area (Å²) in [5.74, 6) is -0.242. The Bertz CT molecular complexity index is 418. The Balaban J connectivity index is 1.81. The van der Waals surface area contributed by atoms with E-state index < -0.39 is 18.1 Å². The molecule has 5 heteroatoms. The second kappa shape index (κ2) is 7.26.